The number of furan rings is 2. The summed E-state index contributed by atoms with van der Waals surface area (Å²) in [5, 5.41) is 5.36. The zero-order valence-electron chi connectivity index (χ0n) is 15.9. The van der Waals surface area contributed by atoms with E-state index in [0.29, 0.717) is 0 Å². The maximum absolute atomic E-state index is 6.49. The molecular weight excluding hydrogens is 362 g/mol. The number of rotatable bonds is 0. The third kappa shape index (κ3) is 1.77. The van der Waals surface area contributed by atoms with Crippen LogP contribution in [0, 0.1) is 6.92 Å². The number of nitrogens with zero attached hydrogens (tertiary/aromatic N) is 1. The molecule has 0 atom stereocenters. The van der Waals surface area contributed by atoms with Gasteiger partial charge in [0.05, 0.1) is 11.8 Å². The Hall–Kier alpha value is -3.79. The lowest BCUT2D eigenvalue weighted by atomic mass is 9.93. The van der Waals surface area contributed by atoms with Gasteiger partial charge < -0.3 is 13.6 Å². The summed E-state index contributed by atoms with van der Waals surface area (Å²) in [6, 6.07) is 16.4. The average molecular weight is 378 g/mol. The van der Waals surface area contributed by atoms with E-state index >= 15 is 0 Å². The Labute approximate surface area is 165 Å². The van der Waals surface area contributed by atoms with E-state index in [1.54, 1.807) is 6.26 Å². The smallest absolute Gasteiger partial charge is 0.228 e. The molecule has 0 spiro atoms. The van der Waals surface area contributed by atoms with Crippen LogP contribution in [0.1, 0.15) is 5.56 Å². The topological polar surface area (TPSA) is 39.4 Å². The van der Waals surface area contributed by atoms with E-state index in [-0.39, 0.29) is 0 Å². The highest BCUT2D eigenvalue weighted by Crippen LogP contribution is 2.50. The number of hydrogen-bond donors (Lipinski definition) is 0. The number of aromatic nitrogens is 1. The summed E-state index contributed by atoms with van der Waals surface area (Å²) in [5.74, 6) is 1.72. The molecule has 4 heteroatoms. The van der Waals surface area contributed by atoms with Crippen LogP contribution in [0.2, 0.25) is 0 Å². The molecule has 0 amide bonds. The first-order valence-corrected chi connectivity index (χ1v) is 9.66. The second-order valence-electron chi connectivity index (χ2n) is 7.73. The average Bonchev–Trinajstić information content (AvgIpc) is 3.34. The van der Waals surface area contributed by atoms with Gasteiger partial charge in [0.25, 0.3) is 0 Å². The molecule has 3 aromatic heterocycles. The SMILES string of the molecule is Cc1c2c(cc3ccoc13)Oc1cc3c4ccccc4oc3c3cc[n+](C)c-2c13. The first-order chi connectivity index (χ1) is 14.2. The number of hydrogen-bond acceptors (Lipinski definition) is 3. The molecule has 7 rings (SSSR count). The van der Waals surface area contributed by atoms with Gasteiger partial charge in [-0.3, -0.25) is 0 Å². The van der Waals surface area contributed by atoms with Crippen molar-refractivity contribution in [3.63, 3.8) is 0 Å². The van der Waals surface area contributed by atoms with Crippen molar-refractivity contribution < 1.29 is 18.1 Å². The normalized spacial score (nSPS) is 12.8. The van der Waals surface area contributed by atoms with Crippen molar-refractivity contribution in [3.8, 4) is 22.8 Å². The maximum atomic E-state index is 6.49. The molecule has 1 aliphatic rings. The molecule has 0 fully saturated rings. The van der Waals surface area contributed by atoms with Gasteiger partial charge in [-0.25, -0.2) is 4.57 Å². The lowest BCUT2D eigenvalue weighted by Gasteiger charge is -2.20. The van der Waals surface area contributed by atoms with Gasteiger partial charge in [0.15, 0.2) is 6.20 Å². The molecule has 6 aromatic rings. The number of fused-ring (bicyclic) bond motifs is 7. The molecule has 4 nitrogen and oxygen atoms in total. The fourth-order valence-electron chi connectivity index (χ4n) is 4.82. The van der Waals surface area contributed by atoms with Crippen LogP contribution in [-0.4, -0.2) is 0 Å². The van der Waals surface area contributed by atoms with Crippen LogP contribution >= 0.6 is 0 Å². The molecule has 0 N–H and O–H groups in total. The highest BCUT2D eigenvalue weighted by molar-refractivity contribution is 6.19. The molecular formula is C25H16NO3+. The Morgan fingerprint density at radius 2 is 1.76 bits per heavy atom. The first kappa shape index (κ1) is 15.2. The minimum absolute atomic E-state index is 0.860. The molecule has 4 heterocycles. The Morgan fingerprint density at radius 3 is 2.69 bits per heavy atom. The number of benzene rings is 3. The van der Waals surface area contributed by atoms with E-state index in [9.17, 15) is 0 Å². The van der Waals surface area contributed by atoms with Gasteiger partial charge in [0, 0.05) is 33.2 Å². The van der Waals surface area contributed by atoms with Crippen LogP contribution < -0.4 is 9.30 Å². The Bertz CT molecular complexity index is 1650. The molecule has 0 saturated heterocycles. The number of ether oxygens (including phenoxy) is 1. The molecule has 0 unspecified atom stereocenters. The standard InChI is InChI=1S/C25H16NO3/c1-13-21-19(11-14-8-10-27-24(13)14)28-20-12-17-15-5-3-4-6-18(15)29-25(17)16-7-9-26(2)23(21)22(16)20/h3-12H,1-2H3/q+1. The highest BCUT2D eigenvalue weighted by Gasteiger charge is 2.32. The van der Waals surface area contributed by atoms with E-state index in [4.69, 9.17) is 13.6 Å². The summed E-state index contributed by atoms with van der Waals surface area (Å²) >= 11 is 0. The Kier molecular flexibility index (Phi) is 2.60. The summed E-state index contributed by atoms with van der Waals surface area (Å²) in [7, 11) is 2.07. The van der Waals surface area contributed by atoms with E-state index in [1.165, 1.54) is 0 Å². The summed E-state index contributed by atoms with van der Waals surface area (Å²) in [4.78, 5) is 0. The zero-order valence-corrected chi connectivity index (χ0v) is 15.9. The molecule has 1 aliphatic heterocycles. The van der Waals surface area contributed by atoms with Crippen molar-refractivity contribution in [2.75, 3.05) is 0 Å². The largest absolute Gasteiger partial charge is 0.464 e. The number of para-hydroxylation sites is 1. The number of pyridine rings is 1. The van der Waals surface area contributed by atoms with Crippen LogP contribution in [0.15, 0.2) is 69.8 Å². The molecule has 0 aliphatic carbocycles. The van der Waals surface area contributed by atoms with Crippen LogP contribution in [0.5, 0.6) is 11.5 Å². The second-order valence-corrected chi connectivity index (χ2v) is 7.73. The van der Waals surface area contributed by atoms with E-state index in [0.717, 1.165) is 72.0 Å². The van der Waals surface area contributed by atoms with Crippen molar-refractivity contribution in [2.24, 2.45) is 7.05 Å². The third-order valence-electron chi connectivity index (χ3n) is 6.12. The monoisotopic (exact) mass is 378 g/mol. The zero-order chi connectivity index (χ0) is 19.3. The predicted molar refractivity (Wildman–Crippen MR) is 112 cm³/mol. The minimum Gasteiger partial charge on any atom is -0.464 e. The van der Waals surface area contributed by atoms with Gasteiger partial charge in [0.2, 0.25) is 5.69 Å². The summed E-state index contributed by atoms with van der Waals surface area (Å²) in [5.41, 5.74) is 5.97. The fourth-order valence-corrected chi connectivity index (χ4v) is 4.82. The van der Waals surface area contributed by atoms with E-state index in [1.807, 2.05) is 24.3 Å². The predicted octanol–water partition coefficient (Wildman–Crippen LogP) is 6.39. The summed E-state index contributed by atoms with van der Waals surface area (Å²) in [6.45, 7) is 2.09. The van der Waals surface area contributed by atoms with Crippen molar-refractivity contribution in [3.05, 3.63) is 66.6 Å². The van der Waals surface area contributed by atoms with Gasteiger partial charge in [-0.15, -0.1) is 0 Å². The van der Waals surface area contributed by atoms with Gasteiger partial charge in [0.1, 0.15) is 40.7 Å². The molecule has 0 radical (unpaired) electrons. The molecule has 29 heavy (non-hydrogen) atoms. The minimum atomic E-state index is 0.860. The third-order valence-corrected chi connectivity index (χ3v) is 6.12. The Morgan fingerprint density at radius 1 is 0.862 bits per heavy atom. The molecule has 138 valence electrons. The molecule has 0 saturated carbocycles. The van der Waals surface area contributed by atoms with Crippen LogP contribution in [0.3, 0.4) is 0 Å². The van der Waals surface area contributed by atoms with E-state index < -0.39 is 0 Å². The number of aryl methyl sites for hydroxylation is 2. The molecule has 0 bridgehead atoms. The van der Waals surface area contributed by atoms with Crippen LogP contribution in [0.25, 0.3) is 54.9 Å². The van der Waals surface area contributed by atoms with Gasteiger partial charge in [-0.05, 0) is 31.2 Å². The Balaban J connectivity index is 1.72. The fraction of sp³-hybridized carbons (Fsp3) is 0.0800. The second kappa shape index (κ2) is 4.97. The maximum Gasteiger partial charge on any atom is 0.228 e. The quantitative estimate of drug-likeness (QED) is 0.287. The van der Waals surface area contributed by atoms with Gasteiger partial charge in [-0.1, -0.05) is 18.2 Å². The van der Waals surface area contributed by atoms with Crippen molar-refractivity contribution in [1.82, 2.24) is 0 Å². The lowest BCUT2D eigenvalue weighted by Crippen LogP contribution is -2.31. The van der Waals surface area contributed by atoms with Crippen molar-refractivity contribution in [2.45, 2.75) is 6.92 Å². The summed E-state index contributed by atoms with van der Waals surface area (Å²) < 4.78 is 20.7. The van der Waals surface area contributed by atoms with Crippen LogP contribution in [-0.2, 0) is 7.05 Å². The van der Waals surface area contributed by atoms with Crippen molar-refractivity contribution in [1.29, 1.82) is 0 Å². The highest BCUT2D eigenvalue weighted by atomic mass is 16.5. The molecule has 3 aromatic carbocycles. The summed E-state index contributed by atoms with van der Waals surface area (Å²) in [6.07, 6.45) is 3.82. The van der Waals surface area contributed by atoms with Crippen LogP contribution in [0.4, 0.5) is 0 Å². The van der Waals surface area contributed by atoms with E-state index in [2.05, 4.69) is 49.0 Å². The first-order valence-electron chi connectivity index (χ1n) is 9.66. The van der Waals surface area contributed by atoms with Gasteiger partial charge in [-0.2, -0.15) is 0 Å². The lowest BCUT2D eigenvalue weighted by molar-refractivity contribution is -0.659. The van der Waals surface area contributed by atoms with Gasteiger partial charge >= 0.3 is 0 Å². The van der Waals surface area contributed by atoms with Crippen molar-refractivity contribution >= 4 is 43.7 Å².